The molecule has 0 aliphatic carbocycles. The number of carbonyl (C=O) groups excluding carboxylic acids is 1. The predicted molar refractivity (Wildman–Crippen MR) is 66.6 cm³/mol. The SMILES string of the molecule is CCCCCCC(=O)NC(CCCN)C(=O)O. The van der Waals surface area contributed by atoms with E-state index in [4.69, 9.17) is 10.8 Å². The zero-order valence-electron chi connectivity index (χ0n) is 10.6. The van der Waals surface area contributed by atoms with E-state index in [9.17, 15) is 9.59 Å². The highest BCUT2D eigenvalue weighted by atomic mass is 16.4. The first-order valence-corrected chi connectivity index (χ1v) is 6.34. The molecule has 0 aliphatic heterocycles. The van der Waals surface area contributed by atoms with Gasteiger partial charge >= 0.3 is 5.97 Å². The summed E-state index contributed by atoms with van der Waals surface area (Å²) in [4.78, 5) is 22.3. The van der Waals surface area contributed by atoms with Crippen molar-refractivity contribution in [2.75, 3.05) is 6.54 Å². The molecule has 0 aliphatic rings. The summed E-state index contributed by atoms with van der Waals surface area (Å²) >= 11 is 0. The number of nitrogens with one attached hydrogen (secondary N) is 1. The van der Waals surface area contributed by atoms with E-state index < -0.39 is 12.0 Å². The van der Waals surface area contributed by atoms with E-state index in [1.54, 1.807) is 0 Å². The Balaban J connectivity index is 3.83. The number of hydrogen-bond acceptors (Lipinski definition) is 3. The van der Waals surface area contributed by atoms with Crippen molar-refractivity contribution in [3.05, 3.63) is 0 Å². The molecule has 100 valence electrons. The Bertz CT molecular complexity index is 232. The fourth-order valence-electron chi connectivity index (χ4n) is 1.56. The van der Waals surface area contributed by atoms with Gasteiger partial charge in [-0.3, -0.25) is 4.79 Å². The van der Waals surface area contributed by atoms with Crippen molar-refractivity contribution >= 4 is 11.9 Å². The van der Waals surface area contributed by atoms with Gasteiger partial charge in [0.1, 0.15) is 6.04 Å². The fraction of sp³-hybridized carbons (Fsp3) is 0.833. The van der Waals surface area contributed by atoms with Crippen LogP contribution in [-0.2, 0) is 9.59 Å². The van der Waals surface area contributed by atoms with Crippen molar-refractivity contribution in [2.24, 2.45) is 5.73 Å². The van der Waals surface area contributed by atoms with Gasteiger partial charge in [0.15, 0.2) is 0 Å². The topological polar surface area (TPSA) is 92.4 Å². The summed E-state index contributed by atoms with van der Waals surface area (Å²) < 4.78 is 0. The summed E-state index contributed by atoms with van der Waals surface area (Å²) in [7, 11) is 0. The van der Waals surface area contributed by atoms with Crippen LogP contribution in [0.2, 0.25) is 0 Å². The van der Waals surface area contributed by atoms with E-state index in [2.05, 4.69) is 12.2 Å². The molecule has 0 spiro atoms. The van der Waals surface area contributed by atoms with Gasteiger partial charge in [-0.15, -0.1) is 0 Å². The Morgan fingerprint density at radius 1 is 1.24 bits per heavy atom. The van der Waals surface area contributed by atoms with Crippen LogP contribution in [-0.4, -0.2) is 29.6 Å². The number of carboxylic acid groups (broad SMARTS) is 1. The lowest BCUT2D eigenvalue weighted by atomic mass is 10.1. The van der Waals surface area contributed by atoms with Crippen molar-refractivity contribution in [3.63, 3.8) is 0 Å². The van der Waals surface area contributed by atoms with Crippen molar-refractivity contribution in [1.82, 2.24) is 5.32 Å². The standard InChI is InChI=1S/C12H24N2O3/c1-2-3-4-5-8-11(15)14-10(12(16)17)7-6-9-13/h10H,2-9,13H2,1H3,(H,14,15)(H,16,17). The van der Waals surface area contributed by atoms with Crippen molar-refractivity contribution in [2.45, 2.75) is 57.9 Å². The predicted octanol–water partition coefficient (Wildman–Crippen LogP) is 1.27. The summed E-state index contributed by atoms with van der Waals surface area (Å²) in [5, 5.41) is 11.4. The second-order valence-corrected chi connectivity index (χ2v) is 4.20. The Labute approximate surface area is 103 Å². The third-order valence-electron chi connectivity index (χ3n) is 2.59. The van der Waals surface area contributed by atoms with Gasteiger partial charge in [0.05, 0.1) is 0 Å². The van der Waals surface area contributed by atoms with E-state index >= 15 is 0 Å². The summed E-state index contributed by atoms with van der Waals surface area (Å²) in [6.07, 6.45) is 5.48. The van der Waals surface area contributed by atoms with Gasteiger partial charge in [-0.1, -0.05) is 26.2 Å². The number of nitrogens with two attached hydrogens (primary N) is 1. The van der Waals surface area contributed by atoms with Crippen LogP contribution in [0.4, 0.5) is 0 Å². The smallest absolute Gasteiger partial charge is 0.326 e. The van der Waals surface area contributed by atoms with Crippen LogP contribution in [0.5, 0.6) is 0 Å². The van der Waals surface area contributed by atoms with E-state index in [0.717, 1.165) is 25.7 Å². The molecule has 17 heavy (non-hydrogen) atoms. The second kappa shape index (κ2) is 10.1. The van der Waals surface area contributed by atoms with Gasteiger partial charge in [-0.05, 0) is 25.8 Å². The van der Waals surface area contributed by atoms with Gasteiger partial charge in [-0.2, -0.15) is 0 Å². The monoisotopic (exact) mass is 244 g/mol. The molecule has 1 atom stereocenters. The molecule has 0 rings (SSSR count). The van der Waals surface area contributed by atoms with Crippen molar-refractivity contribution in [3.8, 4) is 0 Å². The quantitative estimate of drug-likeness (QED) is 0.504. The average Bonchev–Trinajstić information content (AvgIpc) is 2.29. The maximum atomic E-state index is 11.5. The first-order chi connectivity index (χ1) is 8.11. The van der Waals surface area contributed by atoms with Crippen LogP contribution in [0.1, 0.15) is 51.9 Å². The molecule has 1 unspecified atom stereocenters. The van der Waals surface area contributed by atoms with E-state index in [-0.39, 0.29) is 5.91 Å². The van der Waals surface area contributed by atoms with E-state index in [1.165, 1.54) is 0 Å². The molecule has 5 nitrogen and oxygen atoms in total. The number of carboxylic acids is 1. The zero-order chi connectivity index (χ0) is 13.1. The highest BCUT2D eigenvalue weighted by molar-refractivity contribution is 5.83. The van der Waals surface area contributed by atoms with Crippen molar-refractivity contribution in [1.29, 1.82) is 0 Å². The minimum Gasteiger partial charge on any atom is -0.480 e. The zero-order valence-corrected chi connectivity index (χ0v) is 10.6. The summed E-state index contributed by atoms with van der Waals surface area (Å²) in [6, 6.07) is -0.794. The van der Waals surface area contributed by atoms with Gasteiger partial charge in [0.25, 0.3) is 0 Å². The average molecular weight is 244 g/mol. The molecule has 4 N–H and O–H groups in total. The summed E-state index contributed by atoms with van der Waals surface area (Å²) in [5.41, 5.74) is 5.32. The van der Waals surface area contributed by atoms with Gasteiger partial charge in [0, 0.05) is 6.42 Å². The third-order valence-corrected chi connectivity index (χ3v) is 2.59. The molecular formula is C12H24N2O3. The Morgan fingerprint density at radius 2 is 1.94 bits per heavy atom. The molecule has 0 saturated heterocycles. The van der Waals surface area contributed by atoms with Crippen LogP contribution in [0.15, 0.2) is 0 Å². The largest absolute Gasteiger partial charge is 0.480 e. The third kappa shape index (κ3) is 8.68. The molecule has 0 fully saturated rings. The Morgan fingerprint density at radius 3 is 2.47 bits per heavy atom. The first kappa shape index (κ1) is 15.9. The van der Waals surface area contributed by atoms with Crippen LogP contribution in [0.25, 0.3) is 0 Å². The number of aliphatic carboxylic acids is 1. The number of carbonyl (C=O) groups is 2. The van der Waals surface area contributed by atoms with E-state index in [0.29, 0.717) is 25.8 Å². The molecule has 0 saturated carbocycles. The Hall–Kier alpha value is -1.10. The first-order valence-electron chi connectivity index (χ1n) is 6.34. The maximum absolute atomic E-state index is 11.5. The van der Waals surface area contributed by atoms with E-state index in [1.807, 2.05) is 0 Å². The lowest BCUT2D eigenvalue weighted by Crippen LogP contribution is -2.40. The minimum absolute atomic E-state index is 0.175. The molecule has 1 amide bonds. The number of hydrogen-bond donors (Lipinski definition) is 3. The van der Waals surface area contributed by atoms with Crippen LogP contribution in [0.3, 0.4) is 0 Å². The lowest BCUT2D eigenvalue weighted by Gasteiger charge is -2.13. The lowest BCUT2D eigenvalue weighted by molar-refractivity contribution is -0.142. The normalized spacial score (nSPS) is 12.1. The highest BCUT2D eigenvalue weighted by Crippen LogP contribution is 2.03. The molecule has 0 aromatic rings. The minimum atomic E-state index is -0.986. The number of rotatable bonds is 10. The fourth-order valence-corrected chi connectivity index (χ4v) is 1.56. The highest BCUT2D eigenvalue weighted by Gasteiger charge is 2.18. The molecule has 5 heteroatoms. The maximum Gasteiger partial charge on any atom is 0.326 e. The van der Waals surface area contributed by atoms with Crippen LogP contribution >= 0.6 is 0 Å². The van der Waals surface area contributed by atoms with Gasteiger partial charge < -0.3 is 16.2 Å². The molecular weight excluding hydrogens is 220 g/mol. The summed E-state index contributed by atoms with van der Waals surface area (Å²) in [6.45, 7) is 2.55. The van der Waals surface area contributed by atoms with Crippen LogP contribution < -0.4 is 11.1 Å². The molecule has 0 radical (unpaired) electrons. The summed E-state index contributed by atoms with van der Waals surface area (Å²) in [5.74, 6) is -1.16. The molecule has 0 aromatic heterocycles. The van der Waals surface area contributed by atoms with Gasteiger partial charge in [-0.25, -0.2) is 4.79 Å². The molecule has 0 heterocycles. The van der Waals surface area contributed by atoms with Gasteiger partial charge in [0.2, 0.25) is 5.91 Å². The number of unbranched alkanes of at least 4 members (excludes halogenated alkanes) is 3. The Kier molecular flexibility index (Phi) is 9.43. The molecule has 0 bridgehead atoms. The van der Waals surface area contributed by atoms with Crippen molar-refractivity contribution < 1.29 is 14.7 Å². The molecule has 0 aromatic carbocycles. The van der Waals surface area contributed by atoms with Crippen LogP contribution in [0, 0.1) is 0 Å². The number of amides is 1. The second-order valence-electron chi connectivity index (χ2n) is 4.20.